The smallest absolute Gasteiger partial charge is 0.391 e. The monoisotopic (exact) mass is 200 g/mol. The molecule has 1 heterocycles. The molecule has 1 aromatic rings. The van der Waals surface area contributed by atoms with Crippen molar-refractivity contribution in [1.82, 2.24) is 0 Å². The highest BCUT2D eigenvalue weighted by Crippen LogP contribution is 2.58. The third-order valence-corrected chi connectivity index (χ3v) is 2.97. The predicted octanol–water partition coefficient (Wildman–Crippen LogP) is 2.60. The first-order valence-electron chi connectivity index (χ1n) is 3.96. The van der Waals surface area contributed by atoms with Gasteiger partial charge in [0, 0.05) is 0 Å². The zero-order valence-corrected chi connectivity index (χ0v) is 7.99. The van der Waals surface area contributed by atoms with E-state index in [9.17, 15) is 4.57 Å². The van der Waals surface area contributed by atoms with E-state index in [4.69, 9.17) is 13.6 Å². The van der Waals surface area contributed by atoms with Crippen molar-refractivity contribution in [1.29, 1.82) is 0 Å². The summed E-state index contributed by atoms with van der Waals surface area (Å²) in [6, 6.07) is 6.94. The van der Waals surface area contributed by atoms with Crippen molar-refractivity contribution in [3.05, 3.63) is 24.3 Å². The standard InChI is InChI=1S/C8H9O4P/c1-2-10-13(9)11-7-5-3-4-6-8(7)12-13/h3-6H,2H2,1H3. The summed E-state index contributed by atoms with van der Waals surface area (Å²) in [6.07, 6.45) is 0. The molecule has 2 rings (SSSR count). The summed E-state index contributed by atoms with van der Waals surface area (Å²) in [4.78, 5) is 0. The van der Waals surface area contributed by atoms with Crippen LogP contribution >= 0.6 is 7.82 Å². The maximum atomic E-state index is 11.6. The Morgan fingerprint density at radius 2 is 1.85 bits per heavy atom. The Bertz CT molecular complexity index is 334. The summed E-state index contributed by atoms with van der Waals surface area (Å²) in [5, 5.41) is 0. The van der Waals surface area contributed by atoms with Gasteiger partial charge < -0.3 is 9.05 Å². The summed E-state index contributed by atoms with van der Waals surface area (Å²) >= 11 is 0. The molecule has 0 aliphatic carbocycles. The van der Waals surface area contributed by atoms with E-state index in [2.05, 4.69) is 0 Å². The van der Waals surface area contributed by atoms with Crippen LogP contribution in [0.5, 0.6) is 11.5 Å². The van der Waals surface area contributed by atoms with Crippen LogP contribution < -0.4 is 9.05 Å². The van der Waals surface area contributed by atoms with Crippen LogP contribution in [-0.4, -0.2) is 6.61 Å². The molecule has 70 valence electrons. The second kappa shape index (κ2) is 3.05. The van der Waals surface area contributed by atoms with Crippen molar-refractivity contribution in [2.45, 2.75) is 6.92 Å². The minimum absolute atomic E-state index is 0.297. The lowest BCUT2D eigenvalue weighted by molar-refractivity contribution is 0.239. The first kappa shape index (κ1) is 8.60. The number of hydrogen-bond acceptors (Lipinski definition) is 4. The van der Waals surface area contributed by atoms with Gasteiger partial charge in [0.1, 0.15) is 0 Å². The van der Waals surface area contributed by atoms with Crippen LogP contribution in [0.4, 0.5) is 0 Å². The normalized spacial score (nSPS) is 17.3. The first-order chi connectivity index (χ1) is 6.23. The lowest BCUT2D eigenvalue weighted by atomic mass is 10.3. The van der Waals surface area contributed by atoms with Crippen LogP contribution in [0.2, 0.25) is 0 Å². The van der Waals surface area contributed by atoms with Crippen LogP contribution in [0.25, 0.3) is 0 Å². The van der Waals surface area contributed by atoms with Crippen LogP contribution in [0.1, 0.15) is 6.92 Å². The molecule has 0 amide bonds. The van der Waals surface area contributed by atoms with E-state index in [1.165, 1.54) is 0 Å². The van der Waals surface area contributed by atoms with Gasteiger partial charge in [0.15, 0.2) is 11.5 Å². The second-order valence-corrected chi connectivity index (χ2v) is 4.01. The van der Waals surface area contributed by atoms with Crippen molar-refractivity contribution in [2.75, 3.05) is 6.61 Å². The third kappa shape index (κ3) is 1.55. The Morgan fingerprint density at radius 3 is 2.31 bits per heavy atom. The molecule has 0 saturated carbocycles. The molecule has 0 fully saturated rings. The largest absolute Gasteiger partial charge is 0.587 e. The van der Waals surface area contributed by atoms with Gasteiger partial charge in [0.05, 0.1) is 6.61 Å². The Morgan fingerprint density at radius 1 is 1.31 bits per heavy atom. The highest BCUT2D eigenvalue weighted by Gasteiger charge is 2.37. The maximum Gasteiger partial charge on any atom is 0.587 e. The van der Waals surface area contributed by atoms with E-state index in [1.807, 2.05) is 0 Å². The Balaban J connectivity index is 2.27. The molecule has 0 radical (unpaired) electrons. The van der Waals surface area contributed by atoms with Gasteiger partial charge in [0.2, 0.25) is 0 Å². The number of phosphoric acid groups is 1. The van der Waals surface area contributed by atoms with Gasteiger partial charge in [-0.15, -0.1) is 0 Å². The molecule has 0 unspecified atom stereocenters. The predicted molar refractivity (Wildman–Crippen MR) is 46.9 cm³/mol. The molecule has 1 aliphatic heterocycles. The van der Waals surface area contributed by atoms with E-state index in [1.54, 1.807) is 31.2 Å². The summed E-state index contributed by atoms with van der Waals surface area (Å²) in [7, 11) is -3.35. The summed E-state index contributed by atoms with van der Waals surface area (Å²) < 4.78 is 26.6. The molecule has 0 spiro atoms. The van der Waals surface area contributed by atoms with E-state index < -0.39 is 7.82 Å². The molecule has 1 aliphatic rings. The number of phosphoric ester groups is 1. The zero-order valence-electron chi connectivity index (χ0n) is 7.10. The summed E-state index contributed by atoms with van der Waals surface area (Å²) in [5.41, 5.74) is 0. The molecule has 0 aromatic heterocycles. The minimum atomic E-state index is -3.35. The summed E-state index contributed by atoms with van der Waals surface area (Å²) in [5.74, 6) is 0.943. The van der Waals surface area contributed by atoms with Gasteiger partial charge in [-0.3, -0.25) is 4.52 Å². The number of rotatable bonds is 2. The van der Waals surface area contributed by atoms with Crippen LogP contribution in [0.3, 0.4) is 0 Å². The molecule has 0 N–H and O–H groups in total. The molecule has 1 aromatic carbocycles. The first-order valence-corrected chi connectivity index (χ1v) is 5.42. The fraction of sp³-hybridized carbons (Fsp3) is 0.250. The molecule has 4 nitrogen and oxygen atoms in total. The van der Waals surface area contributed by atoms with Gasteiger partial charge in [0.25, 0.3) is 0 Å². The van der Waals surface area contributed by atoms with Gasteiger partial charge in [-0.25, -0.2) is 4.57 Å². The lowest BCUT2D eigenvalue weighted by Crippen LogP contribution is -1.96. The Kier molecular flexibility index (Phi) is 2.02. The summed E-state index contributed by atoms with van der Waals surface area (Å²) in [6.45, 7) is 2.03. The van der Waals surface area contributed by atoms with Crippen molar-refractivity contribution < 1.29 is 18.1 Å². The molecule has 13 heavy (non-hydrogen) atoms. The number of para-hydroxylation sites is 2. The average molecular weight is 200 g/mol. The molecule has 0 bridgehead atoms. The average Bonchev–Trinajstić information content (AvgIpc) is 2.40. The highest BCUT2D eigenvalue weighted by molar-refractivity contribution is 7.49. The van der Waals surface area contributed by atoms with E-state index in [-0.39, 0.29) is 0 Å². The molecule has 0 atom stereocenters. The quantitative estimate of drug-likeness (QED) is 0.688. The molecular formula is C8H9O4P. The van der Waals surface area contributed by atoms with E-state index >= 15 is 0 Å². The van der Waals surface area contributed by atoms with Crippen LogP contribution in [-0.2, 0) is 9.09 Å². The van der Waals surface area contributed by atoms with Crippen molar-refractivity contribution in [3.63, 3.8) is 0 Å². The van der Waals surface area contributed by atoms with Crippen LogP contribution in [0.15, 0.2) is 24.3 Å². The lowest BCUT2D eigenvalue weighted by Gasteiger charge is -2.06. The van der Waals surface area contributed by atoms with Crippen molar-refractivity contribution in [2.24, 2.45) is 0 Å². The fourth-order valence-electron chi connectivity index (χ4n) is 1.07. The van der Waals surface area contributed by atoms with Crippen LogP contribution in [0, 0.1) is 0 Å². The molecule has 0 saturated heterocycles. The Hall–Kier alpha value is -0.990. The minimum Gasteiger partial charge on any atom is -0.391 e. The van der Waals surface area contributed by atoms with Gasteiger partial charge in [-0.1, -0.05) is 12.1 Å². The SMILES string of the molecule is CCOP1(=O)Oc2ccccc2O1. The van der Waals surface area contributed by atoms with Crippen molar-refractivity contribution >= 4 is 7.82 Å². The number of hydrogen-bond donors (Lipinski definition) is 0. The van der Waals surface area contributed by atoms with E-state index in [0.717, 1.165) is 0 Å². The number of fused-ring (bicyclic) bond motifs is 1. The fourth-order valence-corrected chi connectivity index (χ4v) is 2.31. The van der Waals surface area contributed by atoms with Gasteiger partial charge >= 0.3 is 7.82 Å². The van der Waals surface area contributed by atoms with Gasteiger partial charge in [-0.2, -0.15) is 0 Å². The Labute approximate surface area is 76.0 Å². The topological polar surface area (TPSA) is 44.8 Å². The molecular weight excluding hydrogens is 191 g/mol. The van der Waals surface area contributed by atoms with Gasteiger partial charge in [-0.05, 0) is 19.1 Å². The third-order valence-electron chi connectivity index (χ3n) is 1.56. The maximum absolute atomic E-state index is 11.6. The number of benzene rings is 1. The zero-order chi connectivity index (χ0) is 9.31. The molecule has 5 heteroatoms. The highest BCUT2D eigenvalue weighted by atomic mass is 31.2. The second-order valence-electron chi connectivity index (χ2n) is 2.49. The van der Waals surface area contributed by atoms with E-state index in [0.29, 0.717) is 18.1 Å². The van der Waals surface area contributed by atoms with Crippen molar-refractivity contribution in [3.8, 4) is 11.5 Å².